The summed E-state index contributed by atoms with van der Waals surface area (Å²) < 4.78 is 9.06. The Morgan fingerprint density at radius 1 is 1.14 bits per heavy atom. The molecule has 37 heavy (non-hydrogen) atoms. The van der Waals surface area contributed by atoms with Gasteiger partial charge in [0.15, 0.2) is 5.82 Å². The lowest BCUT2D eigenvalue weighted by Crippen LogP contribution is -2.43. The summed E-state index contributed by atoms with van der Waals surface area (Å²) in [5.41, 5.74) is 0.394. The highest BCUT2D eigenvalue weighted by atomic mass is 32.1. The molecule has 6 nitrogen and oxygen atoms in total. The minimum Gasteiger partial charge on any atom is -0.471 e. The van der Waals surface area contributed by atoms with Gasteiger partial charge in [-0.1, -0.05) is 54.9 Å². The summed E-state index contributed by atoms with van der Waals surface area (Å²) in [6, 6.07) is 6.26. The van der Waals surface area contributed by atoms with Crippen LogP contribution in [-0.2, 0) is 20.8 Å². The van der Waals surface area contributed by atoms with Crippen molar-refractivity contribution < 1.29 is 14.3 Å². The molecule has 0 amide bonds. The fourth-order valence-electron chi connectivity index (χ4n) is 4.60. The number of thiophene rings is 1. The molecule has 2 unspecified atom stereocenters. The highest BCUT2D eigenvalue weighted by molar-refractivity contribution is 7.15. The lowest BCUT2D eigenvalue weighted by atomic mass is 9.74. The van der Waals surface area contributed by atoms with Crippen LogP contribution in [0.3, 0.4) is 0 Å². The van der Waals surface area contributed by atoms with E-state index in [-0.39, 0.29) is 0 Å². The molecule has 0 bridgehead atoms. The number of hydrogen-bond donors (Lipinski definition) is 0. The number of nitrogens with zero attached hydrogens (tertiary/aromatic N) is 3. The van der Waals surface area contributed by atoms with Crippen LogP contribution in [0.25, 0.3) is 10.7 Å². The molecule has 7 heteroatoms. The Kier molecular flexibility index (Phi) is 16.5. The van der Waals surface area contributed by atoms with Crippen LogP contribution in [0.5, 0.6) is 0 Å². The minimum absolute atomic E-state index is 0.375. The van der Waals surface area contributed by atoms with Crippen molar-refractivity contribution in [2.45, 2.75) is 80.7 Å². The van der Waals surface area contributed by atoms with Gasteiger partial charge in [-0.15, -0.1) is 11.3 Å². The molecule has 2 saturated heterocycles. The molecule has 210 valence electrons. The third-order valence-corrected chi connectivity index (χ3v) is 7.87. The lowest BCUT2D eigenvalue weighted by molar-refractivity contribution is -0.126. The van der Waals surface area contributed by atoms with Crippen LogP contribution < -0.4 is 0 Å². The van der Waals surface area contributed by atoms with E-state index in [4.69, 9.17) is 9.53 Å². The Balaban J connectivity index is 0.000000403. The van der Waals surface area contributed by atoms with Gasteiger partial charge in [0.25, 0.3) is 6.47 Å². The van der Waals surface area contributed by atoms with Gasteiger partial charge in [-0.2, -0.15) is 0 Å². The molecule has 2 aliphatic rings. The number of carbonyl (C=O) groups excluding carboxylic acids is 1. The first-order valence-corrected chi connectivity index (χ1v) is 14.7. The normalized spacial score (nSPS) is 20.2. The summed E-state index contributed by atoms with van der Waals surface area (Å²) in [5.74, 6) is 3.36. The van der Waals surface area contributed by atoms with E-state index in [0.717, 1.165) is 48.2 Å². The van der Waals surface area contributed by atoms with Crippen LogP contribution in [0.2, 0.25) is 0 Å². The average Bonchev–Trinajstić information content (AvgIpc) is 3.39. The molecule has 2 aromatic heterocycles. The molecule has 0 radical (unpaired) electrons. The topological polar surface area (TPSA) is 64.6 Å². The molecule has 2 fully saturated rings. The molecular formula is C30H51N3O3S. The van der Waals surface area contributed by atoms with Crippen LogP contribution >= 0.6 is 11.3 Å². The van der Waals surface area contributed by atoms with Gasteiger partial charge in [0, 0.05) is 50.1 Å². The SMILES string of the molecule is CC.CC1CC(C(C)(C)C)CN(Cc2ccc(-c3ncccn3)s2)C1.CCC1CCOCC1.COC=O. The van der Waals surface area contributed by atoms with Crippen LogP contribution in [0.15, 0.2) is 30.6 Å². The first kappa shape index (κ1) is 33.2. The van der Waals surface area contributed by atoms with Gasteiger partial charge in [-0.05, 0) is 60.6 Å². The molecule has 4 heterocycles. The number of aromatic nitrogens is 2. The van der Waals surface area contributed by atoms with E-state index in [1.807, 2.05) is 43.6 Å². The maximum Gasteiger partial charge on any atom is 0.292 e. The second kappa shape index (κ2) is 18.4. The Hall–Kier alpha value is -1.83. The Morgan fingerprint density at radius 2 is 1.76 bits per heavy atom. The fraction of sp³-hybridized carbons (Fsp3) is 0.700. The van der Waals surface area contributed by atoms with Crippen LogP contribution in [-0.4, -0.2) is 54.8 Å². The molecule has 0 aromatic carbocycles. The Labute approximate surface area is 230 Å². The van der Waals surface area contributed by atoms with Crippen molar-refractivity contribution in [2.75, 3.05) is 33.4 Å². The van der Waals surface area contributed by atoms with Gasteiger partial charge >= 0.3 is 0 Å². The van der Waals surface area contributed by atoms with Crippen LogP contribution in [0, 0.1) is 23.2 Å². The predicted octanol–water partition coefficient (Wildman–Crippen LogP) is 7.35. The van der Waals surface area contributed by atoms with Crippen molar-refractivity contribution in [3.8, 4) is 10.7 Å². The molecule has 0 N–H and O–H groups in total. The molecule has 2 atom stereocenters. The Morgan fingerprint density at radius 3 is 2.27 bits per heavy atom. The van der Waals surface area contributed by atoms with E-state index in [0.29, 0.717) is 11.9 Å². The van der Waals surface area contributed by atoms with Crippen LogP contribution in [0.1, 0.15) is 79.0 Å². The number of carbonyl (C=O) groups is 1. The zero-order valence-electron chi connectivity index (χ0n) is 24.5. The van der Waals surface area contributed by atoms with Gasteiger partial charge in [0.2, 0.25) is 0 Å². The fourth-order valence-corrected chi connectivity index (χ4v) is 5.60. The average molecular weight is 534 g/mol. The first-order valence-electron chi connectivity index (χ1n) is 13.9. The predicted molar refractivity (Wildman–Crippen MR) is 156 cm³/mol. The molecule has 0 spiro atoms. The quantitative estimate of drug-likeness (QED) is 0.375. The van der Waals surface area contributed by atoms with E-state index in [1.165, 1.54) is 50.8 Å². The zero-order chi connectivity index (χ0) is 27.7. The van der Waals surface area contributed by atoms with E-state index in [1.54, 1.807) is 0 Å². The minimum atomic E-state index is 0.375. The summed E-state index contributed by atoms with van der Waals surface area (Å²) in [6.07, 6.45) is 8.88. The monoisotopic (exact) mass is 533 g/mol. The Bertz CT molecular complexity index is 832. The summed E-state index contributed by atoms with van der Waals surface area (Å²) in [4.78, 5) is 22.9. The molecule has 0 saturated carbocycles. The van der Waals surface area contributed by atoms with Crippen molar-refractivity contribution >= 4 is 17.8 Å². The summed E-state index contributed by atoms with van der Waals surface area (Å²) in [5, 5.41) is 0. The number of ether oxygens (including phenoxy) is 2. The third-order valence-electron chi connectivity index (χ3n) is 6.80. The number of hydrogen-bond acceptors (Lipinski definition) is 7. The maximum absolute atomic E-state index is 8.95. The highest BCUT2D eigenvalue weighted by Crippen LogP contribution is 2.36. The molecule has 2 aliphatic heterocycles. The molecular weight excluding hydrogens is 482 g/mol. The van der Waals surface area contributed by atoms with E-state index >= 15 is 0 Å². The lowest BCUT2D eigenvalue weighted by Gasteiger charge is -2.42. The standard InChI is InChI=1S/C19H27N3S.C7H14O.C2H4O2.C2H6/c1-14-10-15(19(2,3)4)12-22(11-14)13-16-6-7-17(23-16)18-20-8-5-9-21-18;1-2-7-3-5-8-6-4-7;1-4-2-3;1-2/h5-9,14-15H,10-13H2,1-4H3;7H,2-6H2,1H3;2H,1H3;1-2H3. The number of methoxy groups -OCH3 is 1. The largest absolute Gasteiger partial charge is 0.471 e. The smallest absolute Gasteiger partial charge is 0.292 e. The van der Waals surface area contributed by atoms with Crippen molar-refractivity contribution in [1.29, 1.82) is 0 Å². The van der Waals surface area contributed by atoms with Crippen molar-refractivity contribution in [2.24, 2.45) is 23.2 Å². The van der Waals surface area contributed by atoms with Gasteiger partial charge in [-0.3, -0.25) is 9.69 Å². The highest BCUT2D eigenvalue weighted by Gasteiger charge is 2.32. The third kappa shape index (κ3) is 13.0. The van der Waals surface area contributed by atoms with Gasteiger partial charge in [-0.25, -0.2) is 9.97 Å². The van der Waals surface area contributed by atoms with Crippen molar-refractivity contribution in [3.05, 3.63) is 35.5 Å². The van der Waals surface area contributed by atoms with Crippen molar-refractivity contribution in [3.63, 3.8) is 0 Å². The molecule has 0 aliphatic carbocycles. The first-order chi connectivity index (χ1) is 17.8. The van der Waals surface area contributed by atoms with E-state index < -0.39 is 0 Å². The second-order valence-corrected chi connectivity index (χ2v) is 11.9. The molecule has 2 aromatic rings. The maximum atomic E-state index is 8.95. The van der Waals surface area contributed by atoms with Gasteiger partial charge < -0.3 is 9.47 Å². The summed E-state index contributed by atoms with van der Waals surface area (Å²) in [6.45, 7) is 21.6. The number of rotatable bonds is 5. The summed E-state index contributed by atoms with van der Waals surface area (Å²) >= 11 is 1.82. The zero-order valence-corrected chi connectivity index (χ0v) is 25.4. The van der Waals surface area contributed by atoms with E-state index in [9.17, 15) is 0 Å². The van der Waals surface area contributed by atoms with Gasteiger partial charge in [0.05, 0.1) is 12.0 Å². The summed E-state index contributed by atoms with van der Waals surface area (Å²) in [7, 11) is 1.31. The van der Waals surface area contributed by atoms with Crippen molar-refractivity contribution in [1.82, 2.24) is 14.9 Å². The number of likely N-dealkylation sites (tertiary alicyclic amines) is 1. The van der Waals surface area contributed by atoms with E-state index in [2.05, 4.69) is 66.4 Å². The second-order valence-electron chi connectivity index (χ2n) is 10.7. The van der Waals surface area contributed by atoms with Crippen LogP contribution in [0.4, 0.5) is 0 Å². The number of piperidine rings is 1. The van der Waals surface area contributed by atoms with Gasteiger partial charge in [0.1, 0.15) is 0 Å². The molecule has 4 rings (SSSR count).